The van der Waals surface area contributed by atoms with Crippen LogP contribution in [0.4, 0.5) is 0 Å². The molecule has 0 bridgehead atoms. The lowest BCUT2D eigenvalue weighted by Crippen LogP contribution is -2.35. The number of carbonyl (C=O) groups is 4. The van der Waals surface area contributed by atoms with Crippen LogP contribution in [0.5, 0.6) is 0 Å². The molecule has 2 aliphatic heterocycles. The fraction of sp³-hybridized carbons (Fsp3) is 0.250. The van der Waals surface area contributed by atoms with E-state index in [0.717, 1.165) is 49.0 Å². The van der Waals surface area contributed by atoms with Gasteiger partial charge in [0.15, 0.2) is 11.6 Å². The summed E-state index contributed by atoms with van der Waals surface area (Å²) in [6, 6.07) is 36.3. The maximum atomic E-state index is 12.9. The van der Waals surface area contributed by atoms with Gasteiger partial charge in [0.2, 0.25) is 0 Å². The van der Waals surface area contributed by atoms with Crippen molar-refractivity contribution in [2.24, 2.45) is 0 Å². The standard InChI is InChI=1S/2C24H24N2O3.ClH/c2*1-25(2)15-21-14-20-12-13-26(16-22(20)29-21)24(28)19-10-8-18(9-11-19)23(27)17-6-4-3-5-7-17;/h2*3-11,14H,12-13,15-16H2,1-2H3;1H. The van der Waals surface area contributed by atoms with Crippen molar-refractivity contribution in [3.8, 4) is 0 Å². The van der Waals surface area contributed by atoms with Crippen LogP contribution in [-0.4, -0.2) is 84.3 Å². The molecule has 8 rings (SSSR count). The number of ketones is 2. The van der Waals surface area contributed by atoms with Crippen molar-refractivity contribution >= 4 is 35.8 Å². The first-order valence-corrected chi connectivity index (χ1v) is 19.5. The van der Waals surface area contributed by atoms with E-state index in [9.17, 15) is 19.2 Å². The molecule has 304 valence electrons. The van der Waals surface area contributed by atoms with Crippen molar-refractivity contribution in [3.63, 3.8) is 0 Å². The lowest BCUT2D eigenvalue weighted by atomic mass is 10.0. The molecule has 0 spiro atoms. The highest BCUT2D eigenvalue weighted by Gasteiger charge is 2.27. The van der Waals surface area contributed by atoms with Gasteiger partial charge >= 0.3 is 0 Å². The number of fused-ring (bicyclic) bond motifs is 2. The Labute approximate surface area is 351 Å². The van der Waals surface area contributed by atoms with Crippen molar-refractivity contribution in [1.29, 1.82) is 0 Å². The minimum Gasteiger partial charge on any atom is -0.463 e. The van der Waals surface area contributed by atoms with Crippen molar-refractivity contribution < 1.29 is 28.0 Å². The zero-order chi connectivity index (χ0) is 40.8. The number of nitrogens with zero attached hydrogens (tertiary/aromatic N) is 4. The highest BCUT2D eigenvalue weighted by Crippen LogP contribution is 2.27. The topological polar surface area (TPSA) is 108 Å². The third kappa shape index (κ3) is 10.3. The first-order chi connectivity index (χ1) is 28.0. The van der Waals surface area contributed by atoms with E-state index < -0.39 is 0 Å². The summed E-state index contributed by atoms with van der Waals surface area (Å²) in [5.41, 5.74) is 5.98. The summed E-state index contributed by atoms with van der Waals surface area (Å²) in [5, 5.41) is 0. The predicted octanol–water partition coefficient (Wildman–Crippen LogP) is 7.96. The monoisotopic (exact) mass is 812 g/mol. The van der Waals surface area contributed by atoms with Crippen molar-refractivity contribution in [3.05, 3.63) is 189 Å². The lowest BCUT2D eigenvalue weighted by Gasteiger charge is -2.26. The molecule has 4 heterocycles. The second-order valence-electron chi connectivity index (χ2n) is 15.3. The quantitative estimate of drug-likeness (QED) is 0.128. The van der Waals surface area contributed by atoms with Crippen LogP contribution >= 0.6 is 12.4 Å². The minimum absolute atomic E-state index is 0. The molecule has 0 aliphatic carbocycles. The van der Waals surface area contributed by atoms with E-state index in [1.165, 1.54) is 11.1 Å². The second-order valence-corrected chi connectivity index (χ2v) is 15.3. The van der Waals surface area contributed by atoms with Gasteiger partial charge in [0, 0.05) is 46.5 Å². The molecular formula is C48H49ClN4O6. The Hall–Kier alpha value is -6.07. The molecule has 0 saturated carbocycles. The summed E-state index contributed by atoms with van der Waals surface area (Å²) in [7, 11) is 8.01. The van der Waals surface area contributed by atoms with Gasteiger partial charge in [0.05, 0.1) is 26.2 Å². The van der Waals surface area contributed by atoms with Crippen LogP contribution in [0.25, 0.3) is 0 Å². The highest BCUT2D eigenvalue weighted by molar-refractivity contribution is 6.10. The van der Waals surface area contributed by atoms with E-state index in [4.69, 9.17) is 8.83 Å². The van der Waals surface area contributed by atoms with Crippen LogP contribution in [0.2, 0.25) is 0 Å². The Morgan fingerprint density at radius 3 is 1.15 bits per heavy atom. The lowest BCUT2D eigenvalue weighted by molar-refractivity contribution is 0.0712. The zero-order valence-electron chi connectivity index (χ0n) is 33.9. The van der Waals surface area contributed by atoms with E-state index in [1.807, 2.05) is 64.6 Å². The molecule has 0 atom stereocenters. The molecule has 0 N–H and O–H groups in total. The van der Waals surface area contributed by atoms with E-state index in [-0.39, 0.29) is 35.8 Å². The first-order valence-electron chi connectivity index (χ1n) is 19.5. The third-order valence-electron chi connectivity index (χ3n) is 10.2. The molecule has 2 amide bonds. The molecule has 11 heteroatoms. The van der Waals surface area contributed by atoms with Gasteiger partial charge in [0.25, 0.3) is 11.8 Å². The molecule has 2 aromatic heterocycles. The number of amides is 2. The van der Waals surface area contributed by atoms with Gasteiger partial charge in [-0.25, -0.2) is 0 Å². The first kappa shape index (κ1) is 42.5. The van der Waals surface area contributed by atoms with E-state index in [2.05, 4.69) is 21.9 Å². The molecular weight excluding hydrogens is 764 g/mol. The normalized spacial score (nSPS) is 13.2. The Morgan fingerprint density at radius 1 is 0.492 bits per heavy atom. The molecule has 10 nitrogen and oxygen atoms in total. The number of rotatable bonds is 10. The van der Waals surface area contributed by atoms with Crippen LogP contribution < -0.4 is 0 Å². The SMILES string of the molecule is CN(C)Cc1cc2c(o1)CN(C(=O)c1ccc(C(=O)c3ccccc3)cc1)CC2.CN(C)Cc1cc2c(o1)CN(C(=O)c1ccc(C(=O)c3ccccc3)cc1)CC2.Cl. The van der Waals surface area contributed by atoms with Crippen LogP contribution in [0, 0.1) is 0 Å². The zero-order valence-corrected chi connectivity index (χ0v) is 34.7. The molecule has 59 heavy (non-hydrogen) atoms. The maximum Gasteiger partial charge on any atom is 0.254 e. The maximum absolute atomic E-state index is 12.9. The van der Waals surface area contributed by atoms with Crippen LogP contribution in [0.3, 0.4) is 0 Å². The molecule has 0 unspecified atom stereocenters. The van der Waals surface area contributed by atoms with E-state index in [1.54, 1.807) is 82.6 Å². The molecule has 0 saturated heterocycles. The average Bonchev–Trinajstić information content (AvgIpc) is 3.85. The van der Waals surface area contributed by atoms with Gasteiger partial charge in [0.1, 0.15) is 23.0 Å². The second kappa shape index (κ2) is 19.1. The molecule has 0 fully saturated rings. The third-order valence-corrected chi connectivity index (χ3v) is 10.2. The van der Waals surface area contributed by atoms with Gasteiger partial charge in [-0.1, -0.05) is 84.9 Å². The minimum atomic E-state index is -0.0452. The highest BCUT2D eigenvalue weighted by atomic mass is 35.5. The van der Waals surface area contributed by atoms with Crippen LogP contribution in [0.15, 0.2) is 130 Å². The summed E-state index contributed by atoms with van der Waals surface area (Å²) in [6.07, 6.45) is 1.59. The number of furan rings is 2. The van der Waals surface area contributed by atoms with Gasteiger partial charge < -0.3 is 28.4 Å². The fourth-order valence-electron chi connectivity index (χ4n) is 7.29. The summed E-state index contributed by atoms with van der Waals surface area (Å²) in [4.78, 5) is 58.7. The number of hydrogen-bond donors (Lipinski definition) is 0. The van der Waals surface area contributed by atoms with Gasteiger partial charge in [-0.05, 0) is 88.6 Å². The molecule has 4 aromatic carbocycles. The Kier molecular flexibility index (Phi) is 13.8. The van der Waals surface area contributed by atoms with E-state index in [0.29, 0.717) is 59.6 Å². The Balaban J connectivity index is 0.000000195. The van der Waals surface area contributed by atoms with Crippen LogP contribution in [-0.2, 0) is 39.0 Å². The molecule has 2 aliphatic rings. The Bertz CT molecular complexity index is 2220. The van der Waals surface area contributed by atoms with Gasteiger partial charge in [-0.15, -0.1) is 12.4 Å². The number of halogens is 1. The summed E-state index contributed by atoms with van der Waals surface area (Å²) in [5.74, 6) is 3.43. The predicted molar refractivity (Wildman–Crippen MR) is 229 cm³/mol. The van der Waals surface area contributed by atoms with Gasteiger partial charge in [-0.2, -0.15) is 0 Å². The van der Waals surface area contributed by atoms with Gasteiger partial charge in [-0.3, -0.25) is 19.2 Å². The van der Waals surface area contributed by atoms with Crippen molar-refractivity contribution in [2.45, 2.75) is 39.0 Å². The number of hydrogen-bond acceptors (Lipinski definition) is 8. The number of benzene rings is 4. The summed E-state index contributed by atoms with van der Waals surface area (Å²) >= 11 is 0. The fourth-order valence-corrected chi connectivity index (χ4v) is 7.29. The summed E-state index contributed by atoms with van der Waals surface area (Å²) in [6.45, 7) is 3.78. The molecule has 6 aromatic rings. The van der Waals surface area contributed by atoms with Crippen LogP contribution in [0.1, 0.15) is 86.7 Å². The smallest absolute Gasteiger partial charge is 0.254 e. The molecule has 0 radical (unpaired) electrons. The van der Waals surface area contributed by atoms with Crippen molar-refractivity contribution in [2.75, 3.05) is 41.3 Å². The Morgan fingerprint density at radius 2 is 0.814 bits per heavy atom. The summed E-state index contributed by atoms with van der Waals surface area (Å²) < 4.78 is 11.9. The average molecular weight is 813 g/mol. The number of carbonyl (C=O) groups excluding carboxylic acids is 4. The largest absolute Gasteiger partial charge is 0.463 e. The van der Waals surface area contributed by atoms with E-state index >= 15 is 0 Å². The van der Waals surface area contributed by atoms with Crippen molar-refractivity contribution in [1.82, 2.24) is 19.6 Å².